The van der Waals surface area contributed by atoms with E-state index in [2.05, 4.69) is 0 Å². The Morgan fingerprint density at radius 2 is 2.15 bits per heavy atom. The predicted octanol–water partition coefficient (Wildman–Crippen LogP) is 3.20. The zero-order chi connectivity index (χ0) is 14.9. The number of rotatable bonds is 5. The number of halogens is 1. The van der Waals surface area contributed by atoms with Crippen molar-refractivity contribution in [1.82, 2.24) is 4.90 Å². The molecule has 1 unspecified atom stereocenters. The average Bonchev–Trinajstić information content (AvgIpc) is 3.19. The fourth-order valence-corrected chi connectivity index (χ4v) is 2.70. The van der Waals surface area contributed by atoms with Crippen LogP contribution in [0, 0.1) is 5.92 Å². The van der Waals surface area contributed by atoms with Gasteiger partial charge in [-0.3, -0.25) is 4.79 Å². The summed E-state index contributed by atoms with van der Waals surface area (Å²) >= 11 is 6.01. The summed E-state index contributed by atoms with van der Waals surface area (Å²) in [6, 6.07) is 7.74. The van der Waals surface area contributed by atoms with Gasteiger partial charge in [0.25, 0.3) is 0 Å². The quantitative estimate of drug-likeness (QED) is 0.906. The molecule has 2 N–H and O–H groups in total. The molecule has 1 amide bonds. The summed E-state index contributed by atoms with van der Waals surface area (Å²) in [6.07, 6.45) is 2.11. The predicted molar refractivity (Wildman–Crippen MR) is 82.5 cm³/mol. The van der Waals surface area contributed by atoms with Gasteiger partial charge in [-0.15, -0.1) is 0 Å². The Bertz CT molecular complexity index is 495. The summed E-state index contributed by atoms with van der Waals surface area (Å²) in [6.45, 7) is 6.45. The van der Waals surface area contributed by atoms with E-state index in [9.17, 15) is 4.79 Å². The molecule has 0 bridgehead atoms. The molecule has 4 heteroatoms. The van der Waals surface area contributed by atoms with Crippen molar-refractivity contribution in [2.24, 2.45) is 11.7 Å². The molecular formula is C16H23ClN2O. The van der Waals surface area contributed by atoms with Crippen LogP contribution in [0.15, 0.2) is 24.3 Å². The van der Waals surface area contributed by atoms with Crippen molar-refractivity contribution in [3.05, 3.63) is 34.9 Å². The number of carbonyl (C=O) groups excluding carboxylic acids is 1. The van der Waals surface area contributed by atoms with Crippen molar-refractivity contribution >= 4 is 17.5 Å². The molecule has 2 rings (SSSR count). The van der Waals surface area contributed by atoms with E-state index in [1.807, 2.05) is 49.9 Å². The summed E-state index contributed by atoms with van der Waals surface area (Å²) in [4.78, 5) is 14.6. The van der Waals surface area contributed by atoms with Crippen LogP contribution in [-0.2, 0) is 11.3 Å². The molecule has 3 nitrogen and oxygen atoms in total. The summed E-state index contributed by atoms with van der Waals surface area (Å²) in [5, 5.41) is 0.691. The maximum atomic E-state index is 12.7. The van der Waals surface area contributed by atoms with Gasteiger partial charge in [-0.1, -0.05) is 23.7 Å². The van der Waals surface area contributed by atoms with Crippen molar-refractivity contribution < 1.29 is 4.79 Å². The lowest BCUT2D eigenvalue weighted by Crippen LogP contribution is -2.56. The highest BCUT2D eigenvalue weighted by Crippen LogP contribution is 2.39. The van der Waals surface area contributed by atoms with Gasteiger partial charge < -0.3 is 10.6 Å². The Kier molecular flexibility index (Phi) is 4.40. The molecular weight excluding hydrogens is 272 g/mol. The Balaban J connectivity index is 2.17. The first-order chi connectivity index (χ1) is 9.32. The zero-order valence-corrected chi connectivity index (χ0v) is 13.2. The monoisotopic (exact) mass is 294 g/mol. The van der Waals surface area contributed by atoms with Crippen LogP contribution < -0.4 is 5.73 Å². The molecule has 1 aliphatic carbocycles. The number of nitrogens with zero attached hydrogens (tertiary/aromatic N) is 1. The molecule has 1 saturated carbocycles. The average molecular weight is 295 g/mol. The third-order valence-electron chi connectivity index (χ3n) is 4.01. The smallest absolute Gasteiger partial charge is 0.243 e. The van der Waals surface area contributed by atoms with Crippen molar-refractivity contribution in [3.63, 3.8) is 0 Å². The molecule has 1 atom stereocenters. The first-order valence-electron chi connectivity index (χ1n) is 7.16. The molecule has 110 valence electrons. The molecule has 1 fully saturated rings. The van der Waals surface area contributed by atoms with Gasteiger partial charge in [0.1, 0.15) is 0 Å². The number of amides is 1. The SMILES string of the molecule is CC(C)N(Cc1cccc(Cl)c1)C(=O)C(C)(N)C1CC1. The van der Waals surface area contributed by atoms with E-state index >= 15 is 0 Å². The van der Waals surface area contributed by atoms with E-state index in [1.54, 1.807) is 0 Å². The van der Waals surface area contributed by atoms with Crippen molar-refractivity contribution in [1.29, 1.82) is 0 Å². The van der Waals surface area contributed by atoms with Crippen LogP contribution in [0.2, 0.25) is 5.02 Å². The highest BCUT2D eigenvalue weighted by molar-refractivity contribution is 6.30. The van der Waals surface area contributed by atoms with E-state index in [1.165, 1.54) is 0 Å². The van der Waals surface area contributed by atoms with E-state index in [-0.39, 0.29) is 11.9 Å². The second kappa shape index (κ2) is 5.74. The third kappa shape index (κ3) is 3.33. The molecule has 0 aliphatic heterocycles. The number of hydrogen-bond acceptors (Lipinski definition) is 2. The van der Waals surface area contributed by atoms with E-state index in [0.29, 0.717) is 17.5 Å². The Morgan fingerprint density at radius 1 is 1.50 bits per heavy atom. The summed E-state index contributed by atoms with van der Waals surface area (Å²) < 4.78 is 0. The maximum absolute atomic E-state index is 12.7. The molecule has 0 radical (unpaired) electrons. The summed E-state index contributed by atoms with van der Waals surface area (Å²) in [5.41, 5.74) is 6.56. The topological polar surface area (TPSA) is 46.3 Å². The van der Waals surface area contributed by atoms with Gasteiger partial charge in [0.05, 0.1) is 5.54 Å². The normalized spacial score (nSPS) is 17.9. The molecule has 0 aromatic heterocycles. The molecule has 1 aliphatic rings. The minimum atomic E-state index is -0.747. The van der Waals surface area contributed by atoms with Gasteiger partial charge >= 0.3 is 0 Å². The molecule has 0 heterocycles. The van der Waals surface area contributed by atoms with Gasteiger partial charge in [0.15, 0.2) is 0 Å². The van der Waals surface area contributed by atoms with Gasteiger partial charge in [-0.25, -0.2) is 0 Å². The molecule has 0 saturated heterocycles. The molecule has 1 aromatic carbocycles. The van der Waals surface area contributed by atoms with Crippen LogP contribution >= 0.6 is 11.6 Å². The molecule has 1 aromatic rings. The Hall–Kier alpha value is -1.06. The summed E-state index contributed by atoms with van der Waals surface area (Å²) in [7, 11) is 0. The van der Waals surface area contributed by atoms with Gasteiger partial charge in [-0.2, -0.15) is 0 Å². The minimum Gasteiger partial charge on any atom is -0.334 e. The van der Waals surface area contributed by atoms with Crippen LogP contribution in [0.4, 0.5) is 0 Å². The largest absolute Gasteiger partial charge is 0.334 e. The number of nitrogens with two attached hydrogens (primary N) is 1. The van der Waals surface area contributed by atoms with Crippen LogP contribution in [-0.4, -0.2) is 22.4 Å². The van der Waals surface area contributed by atoms with Crippen molar-refractivity contribution in [3.8, 4) is 0 Å². The highest BCUT2D eigenvalue weighted by atomic mass is 35.5. The van der Waals surface area contributed by atoms with Crippen LogP contribution in [0.5, 0.6) is 0 Å². The second-order valence-corrected chi connectivity index (χ2v) is 6.65. The van der Waals surface area contributed by atoms with Gasteiger partial charge in [0, 0.05) is 17.6 Å². The number of benzene rings is 1. The number of hydrogen-bond donors (Lipinski definition) is 1. The summed E-state index contributed by atoms with van der Waals surface area (Å²) in [5.74, 6) is 0.366. The van der Waals surface area contributed by atoms with Gasteiger partial charge in [0.2, 0.25) is 5.91 Å². The lowest BCUT2D eigenvalue weighted by atomic mass is 9.94. The molecule has 0 spiro atoms. The zero-order valence-electron chi connectivity index (χ0n) is 12.4. The van der Waals surface area contributed by atoms with Crippen LogP contribution in [0.3, 0.4) is 0 Å². The highest BCUT2D eigenvalue weighted by Gasteiger charge is 2.46. The van der Waals surface area contributed by atoms with Crippen molar-refractivity contribution in [2.45, 2.75) is 51.7 Å². The van der Waals surface area contributed by atoms with Crippen molar-refractivity contribution in [2.75, 3.05) is 0 Å². The van der Waals surface area contributed by atoms with Crippen LogP contribution in [0.25, 0.3) is 0 Å². The minimum absolute atomic E-state index is 0.0370. The third-order valence-corrected chi connectivity index (χ3v) is 4.25. The number of carbonyl (C=O) groups is 1. The maximum Gasteiger partial charge on any atom is 0.243 e. The Labute approximate surface area is 126 Å². The van der Waals surface area contributed by atoms with E-state index in [4.69, 9.17) is 17.3 Å². The first kappa shape index (κ1) is 15.3. The second-order valence-electron chi connectivity index (χ2n) is 6.21. The lowest BCUT2D eigenvalue weighted by Gasteiger charge is -2.34. The van der Waals surface area contributed by atoms with E-state index < -0.39 is 5.54 Å². The fourth-order valence-electron chi connectivity index (χ4n) is 2.49. The Morgan fingerprint density at radius 3 is 2.65 bits per heavy atom. The van der Waals surface area contributed by atoms with E-state index in [0.717, 1.165) is 18.4 Å². The first-order valence-corrected chi connectivity index (χ1v) is 7.54. The fraction of sp³-hybridized carbons (Fsp3) is 0.562. The standard InChI is InChI=1S/C16H23ClN2O/c1-11(2)19(10-12-5-4-6-14(17)9-12)15(20)16(3,18)13-7-8-13/h4-6,9,11,13H,7-8,10,18H2,1-3H3. The lowest BCUT2D eigenvalue weighted by molar-refractivity contribution is -0.139. The molecule has 20 heavy (non-hydrogen) atoms. The van der Waals surface area contributed by atoms with Crippen LogP contribution in [0.1, 0.15) is 39.2 Å². The van der Waals surface area contributed by atoms with Gasteiger partial charge in [-0.05, 0) is 57.2 Å².